The Bertz CT molecular complexity index is 1470. The molecular weight excluding hydrogens is 554 g/mol. The fourth-order valence-corrected chi connectivity index (χ4v) is 5.01. The van der Waals surface area contributed by atoms with Crippen molar-refractivity contribution >= 4 is 48.7 Å². The van der Waals surface area contributed by atoms with Crippen molar-refractivity contribution in [1.82, 2.24) is 4.90 Å². The molecule has 2 heterocycles. The summed E-state index contributed by atoms with van der Waals surface area (Å²) in [7, 11) is 1.44. The van der Waals surface area contributed by atoms with Crippen molar-refractivity contribution in [3.8, 4) is 11.5 Å². The molecule has 1 aliphatic heterocycles. The lowest BCUT2D eigenvalue weighted by Gasteiger charge is -2.26. The van der Waals surface area contributed by atoms with E-state index in [2.05, 4.69) is 31.9 Å². The fourth-order valence-electron chi connectivity index (χ4n) is 4.19. The van der Waals surface area contributed by atoms with Crippen LogP contribution in [0.2, 0.25) is 0 Å². The Hall–Kier alpha value is -3.10. The molecule has 1 amide bonds. The van der Waals surface area contributed by atoms with E-state index < -0.39 is 6.04 Å². The lowest BCUT2D eigenvalue weighted by Crippen LogP contribution is -2.29. The van der Waals surface area contributed by atoms with E-state index in [-0.39, 0.29) is 40.7 Å². The molecule has 33 heavy (non-hydrogen) atoms. The Morgan fingerprint density at radius 3 is 2.55 bits per heavy atom. The van der Waals surface area contributed by atoms with Crippen LogP contribution in [0.3, 0.4) is 0 Å². The fraction of sp³-hybridized carbons (Fsp3) is 0.120. The Labute approximate surface area is 205 Å². The van der Waals surface area contributed by atoms with E-state index in [0.29, 0.717) is 21.0 Å². The molecule has 1 N–H and O–H groups in total. The first-order valence-corrected chi connectivity index (χ1v) is 11.6. The zero-order valence-electron chi connectivity index (χ0n) is 17.3. The summed E-state index contributed by atoms with van der Waals surface area (Å²) in [4.78, 5) is 28.8. The van der Waals surface area contributed by atoms with Gasteiger partial charge in [-0.1, -0.05) is 46.3 Å². The summed E-state index contributed by atoms with van der Waals surface area (Å²) >= 11 is 6.76. The SMILES string of the molecule is COc1cc([C@H]2c3c(oc4ccc(Br)cc4c3=O)C(=O)N2Cc2ccccc2)cc(Br)c1O. The minimum Gasteiger partial charge on any atom is -0.503 e. The van der Waals surface area contributed by atoms with E-state index in [1.165, 1.54) is 7.11 Å². The largest absolute Gasteiger partial charge is 0.503 e. The standard InChI is InChI=1S/C25H17Br2NO5/c1-32-19-10-14(9-17(27)23(19)30)21-20-22(29)16-11-15(26)7-8-18(16)33-24(20)25(31)28(21)12-13-5-3-2-4-6-13/h2-11,21,30H,12H2,1H3/t21-/m0/s1. The molecule has 8 heteroatoms. The van der Waals surface area contributed by atoms with Gasteiger partial charge in [-0.2, -0.15) is 0 Å². The smallest absolute Gasteiger partial charge is 0.291 e. The molecule has 0 saturated carbocycles. The maximum atomic E-state index is 13.7. The zero-order valence-corrected chi connectivity index (χ0v) is 20.5. The summed E-state index contributed by atoms with van der Waals surface area (Å²) in [6.07, 6.45) is 0. The highest BCUT2D eigenvalue weighted by atomic mass is 79.9. The van der Waals surface area contributed by atoms with Crippen LogP contribution in [-0.4, -0.2) is 23.0 Å². The van der Waals surface area contributed by atoms with Crippen molar-refractivity contribution in [3.63, 3.8) is 0 Å². The van der Waals surface area contributed by atoms with Gasteiger partial charge in [0.05, 0.1) is 28.6 Å². The highest BCUT2D eigenvalue weighted by Crippen LogP contribution is 2.44. The van der Waals surface area contributed by atoms with Crippen molar-refractivity contribution in [2.75, 3.05) is 7.11 Å². The molecule has 5 rings (SSSR count). The zero-order chi connectivity index (χ0) is 23.3. The number of fused-ring (bicyclic) bond motifs is 2. The summed E-state index contributed by atoms with van der Waals surface area (Å²) in [6.45, 7) is 0.273. The van der Waals surface area contributed by atoms with Crippen LogP contribution in [0, 0.1) is 0 Å². The second kappa shape index (κ2) is 8.35. The minimum atomic E-state index is -0.724. The molecule has 0 spiro atoms. The normalized spacial score (nSPS) is 15.2. The number of nitrogens with zero attached hydrogens (tertiary/aromatic N) is 1. The average Bonchev–Trinajstić information content (AvgIpc) is 3.08. The van der Waals surface area contributed by atoms with Gasteiger partial charge in [0.25, 0.3) is 5.91 Å². The predicted molar refractivity (Wildman–Crippen MR) is 131 cm³/mol. The number of amides is 1. The third-order valence-electron chi connectivity index (χ3n) is 5.71. The van der Waals surface area contributed by atoms with E-state index in [1.807, 2.05) is 30.3 Å². The molecule has 0 fully saturated rings. The summed E-state index contributed by atoms with van der Waals surface area (Å²) < 4.78 is 12.4. The van der Waals surface area contributed by atoms with Crippen LogP contribution in [0.5, 0.6) is 11.5 Å². The van der Waals surface area contributed by atoms with Crippen molar-refractivity contribution in [3.05, 3.63) is 102 Å². The van der Waals surface area contributed by atoms with Crippen LogP contribution in [0.1, 0.15) is 33.3 Å². The summed E-state index contributed by atoms with van der Waals surface area (Å²) in [5, 5.41) is 10.7. The molecule has 6 nitrogen and oxygen atoms in total. The number of hydrogen-bond acceptors (Lipinski definition) is 5. The number of halogens is 2. The number of benzene rings is 3. The Morgan fingerprint density at radius 2 is 1.82 bits per heavy atom. The van der Waals surface area contributed by atoms with Gasteiger partial charge in [0.1, 0.15) is 5.58 Å². The van der Waals surface area contributed by atoms with Gasteiger partial charge < -0.3 is 19.2 Å². The molecule has 1 atom stereocenters. The molecule has 166 valence electrons. The van der Waals surface area contributed by atoms with Crippen LogP contribution in [0.4, 0.5) is 0 Å². The van der Waals surface area contributed by atoms with Crippen molar-refractivity contribution in [1.29, 1.82) is 0 Å². The van der Waals surface area contributed by atoms with Crippen LogP contribution in [-0.2, 0) is 6.54 Å². The average molecular weight is 571 g/mol. The van der Waals surface area contributed by atoms with Gasteiger partial charge in [0.2, 0.25) is 5.76 Å². The number of rotatable bonds is 4. The summed E-state index contributed by atoms with van der Waals surface area (Å²) in [5.74, 6) is -0.175. The molecule has 0 bridgehead atoms. The van der Waals surface area contributed by atoms with E-state index in [0.717, 1.165) is 10.0 Å². The first kappa shape index (κ1) is 21.7. The Morgan fingerprint density at radius 1 is 1.06 bits per heavy atom. The molecule has 0 saturated heterocycles. The van der Waals surface area contributed by atoms with Crippen LogP contribution in [0.15, 0.2) is 78.8 Å². The highest BCUT2D eigenvalue weighted by molar-refractivity contribution is 9.10. The molecule has 3 aromatic carbocycles. The summed E-state index contributed by atoms with van der Waals surface area (Å²) in [5.41, 5.74) is 1.86. The van der Waals surface area contributed by atoms with Gasteiger partial charge in [0.15, 0.2) is 16.9 Å². The topological polar surface area (TPSA) is 80.0 Å². The number of hydrogen-bond donors (Lipinski definition) is 1. The monoisotopic (exact) mass is 569 g/mol. The molecule has 4 aromatic rings. The number of carbonyl (C=O) groups is 1. The minimum absolute atomic E-state index is 0.0268. The van der Waals surface area contributed by atoms with Gasteiger partial charge in [-0.25, -0.2) is 0 Å². The highest BCUT2D eigenvalue weighted by Gasteiger charge is 2.43. The third-order valence-corrected chi connectivity index (χ3v) is 6.81. The van der Waals surface area contributed by atoms with Crippen molar-refractivity contribution < 1.29 is 19.1 Å². The predicted octanol–water partition coefficient (Wildman–Crippen LogP) is 5.78. The molecule has 1 aliphatic rings. The van der Waals surface area contributed by atoms with Crippen LogP contribution in [0.25, 0.3) is 11.0 Å². The van der Waals surface area contributed by atoms with Crippen LogP contribution < -0.4 is 10.2 Å². The maximum absolute atomic E-state index is 13.7. The van der Waals surface area contributed by atoms with E-state index >= 15 is 0 Å². The molecular formula is C25H17Br2NO5. The Balaban J connectivity index is 1.77. The second-order valence-electron chi connectivity index (χ2n) is 7.69. The molecule has 1 aromatic heterocycles. The van der Waals surface area contributed by atoms with E-state index in [9.17, 15) is 14.7 Å². The van der Waals surface area contributed by atoms with Crippen molar-refractivity contribution in [2.45, 2.75) is 12.6 Å². The molecule has 0 radical (unpaired) electrons. The van der Waals surface area contributed by atoms with E-state index in [4.69, 9.17) is 9.15 Å². The van der Waals surface area contributed by atoms with Gasteiger partial charge in [-0.15, -0.1) is 0 Å². The van der Waals surface area contributed by atoms with E-state index in [1.54, 1.807) is 35.2 Å². The third kappa shape index (κ3) is 3.63. The number of phenolic OH excluding ortho intramolecular Hbond substituents is 1. The Kier molecular flexibility index (Phi) is 5.50. The number of phenols is 1. The van der Waals surface area contributed by atoms with Gasteiger partial charge in [-0.3, -0.25) is 9.59 Å². The van der Waals surface area contributed by atoms with Crippen LogP contribution >= 0.6 is 31.9 Å². The van der Waals surface area contributed by atoms with Gasteiger partial charge in [-0.05, 0) is 57.4 Å². The maximum Gasteiger partial charge on any atom is 0.291 e. The van der Waals surface area contributed by atoms with Gasteiger partial charge >= 0.3 is 0 Å². The first-order valence-electron chi connectivity index (χ1n) is 10.1. The number of ether oxygens (including phenoxy) is 1. The molecule has 0 unspecified atom stereocenters. The lowest BCUT2D eigenvalue weighted by molar-refractivity contribution is 0.0714. The number of aromatic hydroxyl groups is 1. The second-order valence-corrected chi connectivity index (χ2v) is 9.46. The number of methoxy groups -OCH3 is 1. The molecule has 0 aliphatic carbocycles. The number of carbonyl (C=O) groups excluding carboxylic acids is 1. The van der Waals surface area contributed by atoms with Crippen molar-refractivity contribution in [2.24, 2.45) is 0 Å². The quantitative estimate of drug-likeness (QED) is 0.336. The van der Waals surface area contributed by atoms with Gasteiger partial charge in [0, 0.05) is 11.0 Å². The first-order chi connectivity index (χ1) is 15.9. The lowest BCUT2D eigenvalue weighted by atomic mass is 9.97. The summed E-state index contributed by atoms with van der Waals surface area (Å²) in [6, 6.07) is 17.3.